The number of aromatic nitrogens is 1. The number of benzene rings is 1. The van der Waals surface area contributed by atoms with Gasteiger partial charge in [-0.1, -0.05) is 13.3 Å². The first-order valence-electron chi connectivity index (χ1n) is 11.0. The van der Waals surface area contributed by atoms with Crippen LogP contribution in [-0.4, -0.2) is 45.6 Å². The van der Waals surface area contributed by atoms with Gasteiger partial charge < -0.3 is 9.64 Å². The molecule has 12 heteroatoms. The Labute approximate surface area is 203 Å². The summed E-state index contributed by atoms with van der Waals surface area (Å²) < 4.78 is 43.0. The molecule has 0 bridgehead atoms. The molecule has 1 aromatic heterocycles. The maximum atomic E-state index is 13.3. The number of carbonyl (C=O) groups excluding carboxylic acids is 3. The van der Waals surface area contributed by atoms with Gasteiger partial charge in [-0.15, -0.1) is 0 Å². The highest BCUT2D eigenvalue weighted by molar-refractivity contribution is 8.00. The molecule has 35 heavy (non-hydrogen) atoms. The van der Waals surface area contributed by atoms with Gasteiger partial charge in [-0.3, -0.25) is 15.1 Å². The van der Waals surface area contributed by atoms with Crippen molar-refractivity contribution in [2.45, 2.75) is 55.1 Å². The SMILES string of the molecule is CCCCOC(=O)Nc1cnccc1CN1C(=O)N(c2ccc(SC(F)(F)F)cc2)C(=O)C12CC2. The molecular formula is C23H23F3N4O4S. The van der Waals surface area contributed by atoms with Crippen molar-refractivity contribution >= 4 is 41.2 Å². The van der Waals surface area contributed by atoms with Gasteiger partial charge in [0.15, 0.2) is 0 Å². The molecule has 2 aliphatic rings. The van der Waals surface area contributed by atoms with Crippen molar-refractivity contribution in [2.75, 3.05) is 16.8 Å². The Bertz CT molecular complexity index is 1120. The van der Waals surface area contributed by atoms with Crippen LogP contribution in [0.2, 0.25) is 0 Å². The van der Waals surface area contributed by atoms with Crippen molar-refractivity contribution < 1.29 is 32.3 Å². The molecule has 0 unspecified atom stereocenters. The number of thioether (sulfide) groups is 1. The number of ether oxygens (including phenoxy) is 1. The number of nitrogens with one attached hydrogen (secondary N) is 1. The Morgan fingerprint density at radius 2 is 1.91 bits per heavy atom. The summed E-state index contributed by atoms with van der Waals surface area (Å²) in [4.78, 5) is 45.0. The minimum atomic E-state index is -4.44. The number of amides is 4. The first-order valence-corrected chi connectivity index (χ1v) is 11.8. The molecule has 2 aromatic rings. The van der Waals surface area contributed by atoms with Crippen LogP contribution in [0.4, 0.5) is 34.1 Å². The smallest absolute Gasteiger partial charge is 0.446 e. The maximum Gasteiger partial charge on any atom is 0.446 e. The number of urea groups is 1. The van der Waals surface area contributed by atoms with Gasteiger partial charge in [0, 0.05) is 11.1 Å². The molecule has 0 atom stereocenters. The van der Waals surface area contributed by atoms with E-state index in [9.17, 15) is 27.6 Å². The van der Waals surface area contributed by atoms with Crippen LogP contribution in [0.1, 0.15) is 38.2 Å². The molecular weight excluding hydrogens is 485 g/mol. The van der Waals surface area contributed by atoms with E-state index >= 15 is 0 Å². The number of unbranched alkanes of at least 4 members (excludes halogenated alkanes) is 1. The number of imide groups is 1. The normalized spacial score (nSPS) is 16.7. The number of nitrogens with zero attached hydrogens (tertiary/aromatic N) is 3. The van der Waals surface area contributed by atoms with Crippen LogP contribution in [0.3, 0.4) is 0 Å². The quantitative estimate of drug-likeness (QED) is 0.286. The molecule has 1 aliphatic carbocycles. The monoisotopic (exact) mass is 508 g/mol. The topological polar surface area (TPSA) is 91.8 Å². The van der Waals surface area contributed by atoms with Gasteiger partial charge in [-0.05, 0) is 66.9 Å². The molecule has 4 amide bonds. The maximum absolute atomic E-state index is 13.3. The van der Waals surface area contributed by atoms with Gasteiger partial charge in [0.25, 0.3) is 5.91 Å². The van der Waals surface area contributed by atoms with Crippen LogP contribution in [0, 0.1) is 0 Å². The number of hydrogen-bond acceptors (Lipinski definition) is 6. The lowest BCUT2D eigenvalue weighted by Gasteiger charge is -2.22. The van der Waals surface area contributed by atoms with E-state index in [4.69, 9.17) is 4.74 Å². The highest BCUT2D eigenvalue weighted by atomic mass is 32.2. The second kappa shape index (κ2) is 9.76. The molecule has 8 nitrogen and oxygen atoms in total. The average Bonchev–Trinajstić information content (AvgIpc) is 3.57. The van der Waals surface area contributed by atoms with Crippen molar-refractivity contribution in [3.05, 3.63) is 48.3 Å². The summed E-state index contributed by atoms with van der Waals surface area (Å²) in [6.07, 6.45) is 4.86. The lowest BCUT2D eigenvalue weighted by molar-refractivity contribution is -0.120. The van der Waals surface area contributed by atoms with Crippen molar-refractivity contribution in [2.24, 2.45) is 0 Å². The zero-order chi connectivity index (χ0) is 25.2. The second-order valence-corrected chi connectivity index (χ2v) is 9.37. The van der Waals surface area contributed by atoms with Crippen molar-refractivity contribution in [3.8, 4) is 0 Å². The predicted molar refractivity (Wildman–Crippen MR) is 123 cm³/mol. The number of pyridine rings is 1. The third-order valence-electron chi connectivity index (χ3n) is 5.80. The second-order valence-electron chi connectivity index (χ2n) is 8.23. The summed E-state index contributed by atoms with van der Waals surface area (Å²) in [5, 5.41) is 2.63. The fourth-order valence-corrected chi connectivity index (χ4v) is 4.40. The first-order chi connectivity index (χ1) is 16.6. The summed E-state index contributed by atoms with van der Waals surface area (Å²) in [6, 6.07) is 6.18. The fourth-order valence-electron chi connectivity index (χ4n) is 3.86. The van der Waals surface area contributed by atoms with E-state index in [1.54, 1.807) is 6.07 Å². The van der Waals surface area contributed by atoms with Crippen LogP contribution >= 0.6 is 11.8 Å². The molecule has 0 radical (unpaired) electrons. The Morgan fingerprint density at radius 3 is 2.54 bits per heavy atom. The van der Waals surface area contributed by atoms with Crippen LogP contribution in [-0.2, 0) is 16.1 Å². The lowest BCUT2D eigenvalue weighted by Crippen LogP contribution is -2.36. The Kier molecular flexibility index (Phi) is 6.93. The van der Waals surface area contributed by atoms with Gasteiger partial charge in [0.1, 0.15) is 5.54 Å². The van der Waals surface area contributed by atoms with Gasteiger partial charge in [0.2, 0.25) is 0 Å². The highest BCUT2D eigenvalue weighted by Crippen LogP contribution is 2.50. The van der Waals surface area contributed by atoms with E-state index in [-0.39, 0.29) is 35.5 Å². The minimum absolute atomic E-state index is 0.0379. The largest absolute Gasteiger partial charge is 0.449 e. The molecule has 1 N–H and O–H groups in total. The Balaban J connectivity index is 1.52. The van der Waals surface area contributed by atoms with E-state index in [0.717, 1.165) is 17.7 Å². The summed E-state index contributed by atoms with van der Waals surface area (Å²) in [6.45, 7) is 2.28. The van der Waals surface area contributed by atoms with E-state index in [2.05, 4.69) is 10.3 Å². The molecule has 1 aliphatic heterocycles. The number of rotatable bonds is 8. The van der Waals surface area contributed by atoms with E-state index in [1.807, 2.05) is 6.92 Å². The number of halogens is 3. The van der Waals surface area contributed by atoms with E-state index < -0.39 is 29.1 Å². The highest BCUT2D eigenvalue weighted by Gasteiger charge is 2.65. The zero-order valence-corrected chi connectivity index (χ0v) is 19.6. The summed E-state index contributed by atoms with van der Waals surface area (Å²) in [5.74, 6) is -0.415. The van der Waals surface area contributed by atoms with E-state index in [0.29, 0.717) is 24.1 Å². The molecule has 1 saturated carbocycles. The van der Waals surface area contributed by atoms with Crippen molar-refractivity contribution in [1.82, 2.24) is 9.88 Å². The van der Waals surface area contributed by atoms with Crippen LogP contribution < -0.4 is 10.2 Å². The van der Waals surface area contributed by atoms with E-state index in [1.165, 1.54) is 41.6 Å². The molecule has 4 rings (SSSR count). The molecule has 2 heterocycles. The van der Waals surface area contributed by atoms with Crippen LogP contribution in [0.5, 0.6) is 0 Å². The minimum Gasteiger partial charge on any atom is -0.449 e. The Hall–Kier alpha value is -3.28. The van der Waals surface area contributed by atoms with Crippen molar-refractivity contribution in [3.63, 3.8) is 0 Å². The zero-order valence-electron chi connectivity index (χ0n) is 18.8. The summed E-state index contributed by atoms with van der Waals surface area (Å²) >= 11 is -0.269. The number of hydrogen-bond donors (Lipinski definition) is 1. The molecule has 1 saturated heterocycles. The van der Waals surface area contributed by atoms with Crippen molar-refractivity contribution in [1.29, 1.82) is 0 Å². The van der Waals surface area contributed by atoms with Crippen LogP contribution in [0.15, 0.2) is 47.6 Å². The van der Waals surface area contributed by atoms with Gasteiger partial charge in [-0.25, -0.2) is 14.5 Å². The molecule has 186 valence electrons. The average molecular weight is 509 g/mol. The predicted octanol–water partition coefficient (Wildman–Crippen LogP) is 5.54. The molecule has 1 spiro atoms. The standard InChI is InChI=1S/C23H23F3N4O4S/c1-2-3-12-34-20(32)28-18-13-27-11-8-15(18)14-29-21(33)30(19(31)22(29)9-10-22)16-4-6-17(7-5-16)35-23(24,25)26/h4-8,11,13H,2-3,9-10,12,14H2,1H3,(H,28,32). The van der Waals surface area contributed by atoms with Crippen LogP contribution in [0.25, 0.3) is 0 Å². The third kappa shape index (κ3) is 5.37. The fraction of sp³-hybridized carbons (Fsp3) is 0.391. The summed E-state index contributed by atoms with van der Waals surface area (Å²) in [7, 11) is 0. The first kappa shape index (κ1) is 24.8. The van der Waals surface area contributed by atoms with Gasteiger partial charge in [0.05, 0.1) is 30.7 Å². The number of alkyl halides is 3. The molecule has 1 aromatic carbocycles. The Morgan fingerprint density at radius 1 is 1.20 bits per heavy atom. The summed E-state index contributed by atoms with van der Waals surface area (Å²) in [5.41, 5.74) is -4.31. The number of carbonyl (C=O) groups is 3. The number of anilines is 2. The third-order valence-corrected chi connectivity index (χ3v) is 6.54. The van der Waals surface area contributed by atoms with Gasteiger partial charge >= 0.3 is 17.6 Å². The van der Waals surface area contributed by atoms with Gasteiger partial charge in [-0.2, -0.15) is 13.2 Å². The lowest BCUT2D eigenvalue weighted by atomic mass is 10.1. The molecule has 2 fully saturated rings.